The number of nitrogens with one attached hydrogen (secondary N) is 3. The van der Waals surface area contributed by atoms with Crippen molar-refractivity contribution in [3.63, 3.8) is 0 Å². The summed E-state index contributed by atoms with van der Waals surface area (Å²) in [7, 11) is 0. The minimum Gasteiger partial charge on any atom is -0.354 e. The van der Waals surface area contributed by atoms with E-state index in [1.165, 1.54) is 0 Å². The van der Waals surface area contributed by atoms with Crippen molar-refractivity contribution >= 4 is 11.8 Å². The van der Waals surface area contributed by atoms with Gasteiger partial charge in [0.1, 0.15) is 6.04 Å². The summed E-state index contributed by atoms with van der Waals surface area (Å²) in [6.07, 6.45) is 4.79. The molecule has 0 radical (unpaired) electrons. The molecule has 2 aliphatic rings. The minimum atomic E-state index is -0.329. The Bertz CT molecular complexity index is 274. The van der Waals surface area contributed by atoms with E-state index in [-0.39, 0.29) is 23.9 Å². The maximum Gasteiger partial charge on any atom is 0.242 e. The van der Waals surface area contributed by atoms with Gasteiger partial charge < -0.3 is 16.0 Å². The number of carbonyl (C=O) groups is 2. The number of carbonyl (C=O) groups excluding carboxylic acids is 2. The van der Waals surface area contributed by atoms with Crippen molar-refractivity contribution in [3.8, 4) is 0 Å². The van der Waals surface area contributed by atoms with E-state index in [0.717, 1.165) is 45.2 Å². The molecule has 2 atom stereocenters. The molecule has 0 aromatic carbocycles. The Hall–Kier alpha value is -1.10. The Morgan fingerprint density at radius 2 is 2.06 bits per heavy atom. The van der Waals surface area contributed by atoms with Crippen LogP contribution in [0.4, 0.5) is 0 Å². The standard InChI is InChI=1S/C11H19N3O2/c15-10-9(5-3-7-13-10)14-11(16)8-4-1-2-6-12-8/h8-9,12H,1-7H2,(H,13,15)(H,14,16)/t8-,9?/m1/s1. The molecule has 1 unspecified atom stereocenters. The SMILES string of the molecule is O=C1NCCCC1NC(=O)[C@H]1CCCCN1. The van der Waals surface area contributed by atoms with Gasteiger partial charge >= 0.3 is 0 Å². The molecule has 3 N–H and O–H groups in total. The van der Waals surface area contributed by atoms with Gasteiger partial charge in [0.25, 0.3) is 0 Å². The average molecular weight is 225 g/mol. The molecular formula is C11H19N3O2. The summed E-state index contributed by atoms with van der Waals surface area (Å²) in [6.45, 7) is 1.63. The van der Waals surface area contributed by atoms with Crippen LogP contribution in [0.15, 0.2) is 0 Å². The van der Waals surface area contributed by atoms with E-state index in [4.69, 9.17) is 0 Å². The second kappa shape index (κ2) is 5.30. The molecule has 2 rings (SSSR count). The van der Waals surface area contributed by atoms with Gasteiger partial charge in [-0.05, 0) is 32.2 Å². The second-order valence-corrected chi connectivity index (χ2v) is 4.50. The fourth-order valence-electron chi connectivity index (χ4n) is 2.26. The molecule has 2 aliphatic heterocycles. The lowest BCUT2D eigenvalue weighted by Crippen LogP contribution is -2.55. The van der Waals surface area contributed by atoms with Crippen molar-refractivity contribution in [3.05, 3.63) is 0 Å². The fraction of sp³-hybridized carbons (Fsp3) is 0.818. The van der Waals surface area contributed by atoms with Crippen LogP contribution >= 0.6 is 0 Å². The third-order valence-electron chi connectivity index (χ3n) is 3.23. The predicted octanol–water partition coefficient (Wildman–Crippen LogP) is -0.477. The van der Waals surface area contributed by atoms with Crippen LogP contribution in [-0.4, -0.2) is 37.0 Å². The maximum absolute atomic E-state index is 11.9. The van der Waals surface area contributed by atoms with Gasteiger partial charge in [-0.2, -0.15) is 0 Å². The molecule has 0 aromatic heterocycles. The molecule has 0 saturated carbocycles. The van der Waals surface area contributed by atoms with Crippen LogP contribution in [-0.2, 0) is 9.59 Å². The van der Waals surface area contributed by atoms with E-state index in [1.807, 2.05) is 0 Å². The van der Waals surface area contributed by atoms with E-state index >= 15 is 0 Å². The summed E-state index contributed by atoms with van der Waals surface area (Å²) in [4.78, 5) is 23.3. The summed E-state index contributed by atoms with van der Waals surface area (Å²) in [5.41, 5.74) is 0. The van der Waals surface area contributed by atoms with Crippen molar-refractivity contribution in [1.82, 2.24) is 16.0 Å². The molecule has 16 heavy (non-hydrogen) atoms. The molecule has 5 nitrogen and oxygen atoms in total. The molecule has 2 fully saturated rings. The normalized spacial score (nSPS) is 30.6. The largest absolute Gasteiger partial charge is 0.354 e. The van der Waals surface area contributed by atoms with Crippen molar-refractivity contribution < 1.29 is 9.59 Å². The van der Waals surface area contributed by atoms with Gasteiger partial charge in [-0.15, -0.1) is 0 Å². The highest BCUT2D eigenvalue weighted by Gasteiger charge is 2.27. The smallest absolute Gasteiger partial charge is 0.242 e. The number of piperidine rings is 2. The Labute approximate surface area is 95.3 Å². The van der Waals surface area contributed by atoms with E-state index in [9.17, 15) is 9.59 Å². The first kappa shape index (κ1) is 11.4. The number of hydrogen-bond donors (Lipinski definition) is 3. The summed E-state index contributed by atoms with van der Waals surface area (Å²) in [6, 6.07) is -0.437. The van der Waals surface area contributed by atoms with E-state index < -0.39 is 0 Å². The van der Waals surface area contributed by atoms with Gasteiger partial charge in [0.2, 0.25) is 11.8 Å². The van der Waals surface area contributed by atoms with Gasteiger partial charge in [-0.25, -0.2) is 0 Å². The molecule has 0 spiro atoms. The Morgan fingerprint density at radius 1 is 1.19 bits per heavy atom. The molecular weight excluding hydrogens is 206 g/mol. The zero-order valence-electron chi connectivity index (χ0n) is 9.42. The molecule has 0 bridgehead atoms. The maximum atomic E-state index is 11.9. The summed E-state index contributed by atoms with van der Waals surface area (Å²) in [5.74, 6) is -0.0721. The van der Waals surface area contributed by atoms with Crippen molar-refractivity contribution in [2.24, 2.45) is 0 Å². The Kier molecular flexibility index (Phi) is 3.77. The van der Waals surface area contributed by atoms with Gasteiger partial charge in [0, 0.05) is 6.54 Å². The molecule has 90 valence electrons. The van der Waals surface area contributed by atoms with Gasteiger partial charge in [0.05, 0.1) is 6.04 Å². The molecule has 5 heteroatoms. The molecule has 0 aromatic rings. The fourth-order valence-corrected chi connectivity index (χ4v) is 2.26. The van der Waals surface area contributed by atoms with E-state index in [2.05, 4.69) is 16.0 Å². The van der Waals surface area contributed by atoms with Crippen LogP contribution in [0.3, 0.4) is 0 Å². The summed E-state index contributed by atoms with van der Waals surface area (Å²) < 4.78 is 0. The van der Waals surface area contributed by atoms with Crippen LogP contribution < -0.4 is 16.0 Å². The first-order chi connectivity index (χ1) is 7.77. The van der Waals surface area contributed by atoms with Crippen LogP contribution in [0.1, 0.15) is 32.1 Å². The quantitative estimate of drug-likeness (QED) is 0.594. The van der Waals surface area contributed by atoms with E-state index in [0.29, 0.717) is 0 Å². The number of amides is 2. The Morgan fingerprint density at radius 3 is 2.75 bits per heavy atom. The molecule has 2 heterocycles. The second-order valence-electron chi connectivity index (χ2n) is 4.50. The van der Waals surface area contributed by atoms with Crippen LogP contribution in [0.5, 0.6) is 0 Å². The lowest BCUT2D eigenvalue weighted by Gasteiger charge is -2.27. The van der Waals surface area contributed by atoms with Crippen LogP contribution in [0.25, 0.3) is 0 Å². The third kappa shape index (κ3) is 2.72. The first-order valence-electron chi connectivity index (χ1n) is 6.09. The third-order valence-corrected chi connectivity index (χ3v) is 3.23. The van der Waals surface area contributed by atoms with Gasteiger partial charge in [-0.3, -0.25) is 9.59 Å². The van der Waals surface area contributed by atoms with Gasteiger partial charge in [-0.1, -0.05) is 6.42 Å². The zero-order valence-corrected chi connectivity index (χ0v) is 9.42. The highest BCUT2D eigenvalue weighted by molar-refractivity contribution is 5.90. The van der Waals surface area contributed by atoms with Gasteiger partial charge in [0.15, 0.2) is 0 Å². The number of hydrogen-bond acceptors (Lipinski definition) is 3. The molecule has 2 amide bonds. The lowest BCUT2D eigenvalue weighted by atomic mass is 10.0. The van der Waals surface area contributed by atoms with Crippen LogP contribution in [0, 0.1) is 0 Å². The average Bonchev–Trinajstić information content (AvgIpc) is 2.33. The predicted molar refractivity (Wildman–Crippen MR) is 59.8 cm³/mol. The van der Waals surface area contributed by atoms with Crippen molar-refractivity contribution in [2.45, 2.75) is 44.2 Å². The molecule has 0 aliphatic carbocycles. The zero-order chi connectivity index (χ0) is 11.4. The topological polar surface area (TPSA) is 70.2 Å². The molecule has 2 saturated heterocycles. The highest BCUT2D eigenvalue weighted by Crippen LogP contribution is 2.08. The van der Waals surface area contributed by atoms with E-state index in [1.54, 1.807) is 0 Å². The number of rotatable bonds is 2. The lowest BCUT2D eigenvalue weighted by molar-refractivity contribution is -0.131. The van der Waals surface area contributed by atoms with Crippen molar-refractivity contribution in [1.29, 1.82) is 0 Å². The summed E-state index contributed by atoms with van der Waals surface area (Å²) >= 11 is 0. The Balaban J connectivity index is 1.83. The van der Waals surface area contributed by atoms with Crippen molar-refractivity contribution in [2.75, 3.05) is 13.1 Å². The highest BCUT2D eigenvalue weighted by atomic mass is 16.2. The van der Waals surface area contributed by atoms with Crippen LogP contribution in [0.2, 0.25) is 0 Å². The minimum absolute atomic E-state index is 0.0262. The summed E-state index contributed by atoms with van der Waals surface area (Å²) in [5, 5.41) is 8.77. The first-order valence-corrected chi connectivity index (χ1v) is 6.09. The monoisotopic (exact) mass is 225 g/mol.